The van der Waals surface area contributed by atoms with Crippen LogP contribution in [-0.4, -0.2) is 41.1 Å². The maximum absolute atomic E-state index is 13.2. The van der Waals surface area contributed by atoms with E-state index in [1.165, 1.54) is 12.8 Å². The highest BCUT2D eigenvalue weighted by Crippen LogP contribution is 2.38. The summed E-state index contributed by atoms with van der Waals surface area (Å²) in [5, 5.41) is 9.84. The van der Waals surface area contributed by atoms with Crippen LogP contribution in [-0.2, 0) is 14.3 Å². The fourth-order valence-corrected chi connectivity index (χ4v) is 4.01. The Labute approximate surface area is 165 Å². The zero-order valence-corrected chi connectivity index (χ0v) is 16.5. The molecule has 148 valence electrons. The molecule has 6 heteroatoms. The van der Waals surface area contributed by atoms with E-state index in [1.54, 1.807) is 0 Å². The van der Waals surface area contributed by atoms with E-state index in [2.05, 4.69) is 6.92 Å². The molecule has 3 atom stereocenters. The third-order valence-corrected chi connectivity index (χ3v) is 5.88. The van der Waals surface area contributed by atoms with Gasteiger partial charge in [0.05, 0.1) is 25.1 Å². The Morgan fingerprint density at radius 2 is 1.96 bits per heavy atom. The largest absolute Gasteiger partial charge is 0.481 e. The smallest absolute Gasteiger partial charge is 0.304 e. The fourth-order valence-electron chi connectivity index (χ4n) is 3.88. The predicted octanol–water partition coefficient (Wildman–Crippen LogP) is 4.30. The Morgan fingerprint density at radius 3 is 2.56 bits per heavy atom. The molecule has 5 nitrogen and oxygen atoms in total. The summed E-state index contributed by atoms with van der Waals surface area (Å²) in [6.07, 6.45) is 4.47. The Morgan fingerprint density at radius 1 is 1.26 bits per heavy atom. The molecule has 1 saturated carbocycles. The van der Waals surface area contributed by atoms with Crippen molar-refractivity contribution in [1.29, 1.82) is 0 Å². The fraction of sp³-hybridized carbons (Fsp3) is 0.619. The maximum atomic E-state index is 13.2. The number of aliphatic carboxylic acids is 1. The lowest BCUT2D eigenvalue weighted by molar-refractivity contribution is -0.152. The standard InChI is InChI=1S/C21H28ClNO4/c1-2-18(13-27-12-14-3-4-14)23-19(15-5-8-17(22)9-6-15)10-7-16(21(23)26)11-20(24)25/h5-6,8-9,14,16,18-19H,2-4,7,10-13H2,1H3,(H,24,25)/t16-,18?,19?/m1/s1. The van der Waals surface area contributed by atoms with E-state index in [-0.39, 0.29) is 24.4 Å². The van der Waals surface area contributed by atoms with E-state index in [9.17, 15) is 14.7 Å². The molecule has 0 bridgehead atoms. The number of piperidine rings is 1. The van der Waals surface area contributed by atoms with Crippen molar-refractivity contribution in [3.8, 4) is 0 Å². The van der Waals surface area contributed by atoms with Gasteiger partial charge in [-0.1, -0.05) is 30.7 Å². The minimum Gasteiger partial charge on any atom is -0.481 e. The Bertz CT molecular complexity index is 659. The third-order valence-electron chi connectivity index (χ3n) is 5.63. The molecule has 2 fully saturated rings. The van der Waals surface area contributed by atoms with Crippen molar-refractivity contribution in [3.05, 3.63) is 34.9 Å². The number of hydrogen-bond donors (Lipinski definition) is 1. The molecule has 2 aliphatic rings. The van der Waals surface area contributed by atoms with Gasteiger partial charge < -0.3 is 14.7 Å². The van der Waals surface area contributed by atoms with Gasteiger partial charge in [-0.25, -0.2) is 0 Å². The molecule has 1 aliphatic carbocycles. The van der Waals surface area contributed by atoms with Crippen molar-refractivity contribution in [2.75, 3.05) is 13.2 Å². The molecule has 1 aromatic rings. The van der Waals surface area contributed by atoms with Crippen LogP contribution in [0.5, 0.6) is 0 Å². The Balaban J connectivity index is 1.79. The molecule has 1 aromatic carbocycles. The van der Waals surface area contributed by atoms with Gasteiger partial charge in [0, 0.05) is 17.5 Å². The molecular weight excluding hydrogens is 366 g/mol. The molecule has 0 spiro atoms. The number of carbonyl (C=O) groups is 2. The molecule has 1 N–H and O–H groups in total. The van der Waals surface area contributed by atoms with Crippen LogP contribution < -0.4 is 0 Å². The first kappa shape index (κ1) is 20.2. The molecule has 0 aromatic heterocycles. The van der Waals surface area contributed by atoms with Crippen LogP contribution in [0, 0.1) is 11.8 Å². The average molecular weight is 394 g/mol. The van der Waals surface area contributed by atoms with Gasteiger partial charge in [0.2, 0.25) is 5.91 Å². The predicted molar refractivity (Wildman–Crippen MR) is 104 cm³/mol. The number of likely N-dealkylation sites (tertiary alicyclic amines) is 1. The highest BCUT2D eigenvalue weighted by Gasteiger charge is 2.40. The van der Waals surface area contributed by atoms with Gasteiger partial charge in [0.1, 0.15) is 0 Å². The summed E-state index contributed by atoms with van der Waals surface area (Å²) in [7, 11) is 0. The number of benzene rings is 1. The monoisotopic (exact) mass is 393 g/mol. The van der Waals surface area contributed by atoms with Gasteiger partial charge in [-0.3, -0.25) is 9.59 Å². The average Bonchev–Trinajstić information content (AvgIpc) is 3.46. The van der Waals surface area contributed by atoms with Crippen LogP contribution in [0.4, 0.5) is 0 Å². The van der Waals surface area contributed by atoms with Gasteiger partial charge in [-0.05, 0) is 55.7 Å². The SMILES string of the molecule is CCC(COCC1CC1)N1C(=O)[C@@H](CC(=O)O)CCC1c1ccc(Cl)cc1. The molecular formula is C21H28ClNO4. The van der Waals surface area contributed by atoms with E-state index in [4.69, 9.17) is 16.3 Å². The number of halogens is 1. The topological polar surface area (TPSA) is 66.8 Å². The zero-order chi connectivity index (χ0) is 19.4. The second-order valence-corrected chi connectivity index (χ2v) is 8.16. The number of rotatable bonds is 9. The van der Waals surface area contributed by atoms with Crippen LogP contribution in [0.2, 0.25) is 5.02 Å². The van der Waals surface area contributed by atoms with Crippen molar-refractivity contribution in [1.82, 2.24) is 4.90 Å². The number of carboxylic acid groups (broad SMARTS) is 1. The normalized spacial score (nSPS) is 24.1. The highest BCUT2D eigenvalue weighted by molar-refractivity contribution is 6.30. The van der Waals surface area contributed by atoms with Crippen molar-refractivity contribution in [2.24, 2.45) is 11.8 Å². The molecule has 0 radical (unpaired) electrons. The van der Waals surface area contributed by atoms with E-state index in [0.29, 0.717) is 24.0 Å². The molecule has 1 amide bonds. The summed E-state index contributed by atoms with van der Waals surface area (Å²) >= 11 is 6.02. The second kappa shape index (κ2) is 9.07. The summed E-state index contributed by atoms with van der Waals surface area (Å²) < 4.78 is 5.90. The number of hydrogen-bond acceptors (Lipinski definition) is 3. The van der Waals surface area contributed by atoms with Gasteiger partial charge >= 0.3 is 5.97 Å². The number of amides is 1. The summed E-state index contributed by atoms with van der Waals surface area (Å²) in [6.45, 7) is 3.31. The van der Waals surface area contributed by atoms with E-state index in [0.717, 1.165) is 25.0 Å². The maximum Gasteiger partial charge on any atom is 0.304 e. The van der Waals surface area contributed by atoms with Gasteiger partial charge in [-0.2, -0.15) is 0 Å². The molecule has 3 rings (SSSR count). The van der Waals surface area contributed by atoms with Crippen LogP contribution in [0.3, 0.4) is 0 Å². The summed E-state index contributed by atoms with van der Waals surface area (Å²) in [5.41, 5.74) is 1.04. The lowest BCUT2D eigenvalue weighted by atomic mass is 9.85. The molecule has 1 heterocycles. The first-order valence-electron chi connectivity index (χ1n) is 9.86. The van der Waals surface area contributed by atoms with Crippen molar-refractivity contribution in [3.63, 3.8) is 0 Å². The van der Waals surface area contributed by atoms with E-state index >= 15 is 0 Å². The minimum atomic E-state index is -0.920. The lowest BCUT2D eigenvalue weighted by Gasteiger charge is -2.44. The van der Waals surface area contributed by atoms with Gasteiger partial charge in [-0.15, -0.1) is 0 Å². The summed E-state index contributed by atoms with van der Waals surface area (Å²) in [6, 6.07) is 7.49. The molecule has 2 unspecified atom stereocenters. The van der Waals surface area contributed by atoms with Gasteiger partial charge in [0.25, 0.3) is 0 Å². The van der Waals surface area contributed by atoms with Gasteiger partial charge in [0.15, 0.2) is 0 Å². The summed E-state index contributed by atoms with van der Waals surface area (Å²) in [5.74, 6) is -0.767. The van der Waals surface area contributed by atoms with Crippen LogP contribution in [0.15, 0.2) is 24.3 Å². The third kappa shape index (κ3) is 5.23. The summed E-state index contributed by atoms with van der Waals surface area (Å²) in [4.78, 5) is 26.3. The number of ether oxygens (including phenoxy) is 1. The van der Waals surface area contributed by atoms with Crippen molar-refractivity contribution >= 4 is 23.5 Å². The van der Waals surface area contributed by atoms with Crippen molar-refractivity contribution < 1.29 is 19.4 Å². The number of nitrogens with zero attached hydrogens (tertiary/aromatic N) is 1. The first-order chi connectivity index (χ1) is 13.0. The highest BCUT2D eigenvalue weighted by atomic mass is 35.5. The van der Waals surface area contributed by atoms with Crippen molar-refractivity contribution in [2.45, 2.75) is 57.5 Å². The Kier molecular flexibility index (Phi) is 6.77. The number of carboxylic acids is 1. The first-order valence-corrected chi connectivity index (χ1v) is 10.2. The van der Waals surface area contributed by atoms with E-state index < -0.39 is 11.9 Å². The van der Waals surface area contributed by atoms with Crippen LogP contribution in [0.25, 0.3) is 0 Å². The minimum absolute atomic E-state index is 0.0477. The molecule has 1 saturated heterocycles. The van der Waals surface area contributed by atoms with Crippen LogP contribution >= 0.6 is 11.6 Å². The quantitative estimate of drug-likeness (QED) is 0.679. The van der Waals surface area contributed by atoms with E-state index in [1.807, 2.05) is 29.2 Å². The molecule has 27 heavy (non-hydrogen) atoms. The molecule has 1 aliphatic heterocycles. The zero-order valence-electron chi connectivity index (χ0n) is 15.8. The van der Waals surface area contributed by atoms with Crippen LogP contribution in [0.1, 0.15) is 57.1 Å². The lowest BCUT2D eigenvalue weighted by Crippen LogP contribution is -2.50. The Hall–Kier alpha value is -1.59. The second-order valence-electron chi connectivity index (χ2n) is 7.73. The number of carbonyl (C=O) groups excluding carboxylic acids is 1.